The predicted octanol–water partition coefficient (Wildman–Crippen LogP) is 18.1. The van der Waals surface area contributed by atoms with Gasteiger partial charge in [-0.25, -0.2) is 0 Å². The lowest BCUT2D eigenvalue weighted by Gasteiger charge is -2.28. The molecule has 1 heterocycles. The van der Waals surface area contributed by atoms with Crippen molar-refractivity contribution < 1.29 is 0 Å². The number of hydrogen-bond acceptors (Lipinski definition) is 1. The summed E-state index contributed by atoms with van der Waals surface area (Å²) in [5.41, 5.74) is 18.6. The minimum atomic E-state index is 0.316. The van der Waals surface area contributed by atoms with Crippen LogP contribution in [-0.2, 0) is 0 Å². The molecule has 0 spiro atoms. The lowest BCUT2D eigenvalue weighted by molar-refractivity contribution is 0.945. The molecule has 2 nitrogen and oxygen atoms in total. The van der Waals surface area contributed by atoms with Crippen LogP contribution in [0.15, 0.2) is 267 Å². The van der Waals surface area contributed by atoms with E-state index < -0.39 is 0 Å². The highest BCUT2D eigenvalue weighted by Gasteiger charge is 2.22. The molecular formula is C66H48N2. The van der Waals surface area contributed by atoms with Gasteiger partial charge in [0.05, 0.1) is 11.0 Å². The molecule has 1 aromatic heterocycles. The van der Waals surface area contributed by atoms with E-state index in [4.69, 9.17) is 0 Å². The molecule has 0 N–H and O–H groups in total. The first kappa shape index (κ1) is 40.8. The molecule has 2 heteroatoms. The minimum absolute atomic E-state index is 0.316. The third-order valence-corrected chi connectivity index (χ3v) is 13.4. The predicted molar refractivity (Wildman–Crippen MR) is 290 cm³/mol. The number of fused-ring (bicyclic) bond motifs is 5. The largest absolute Gasteiger partial charge is 0.310 e. The Hall–Kier alpha value is -8.72. The van der Waals surface area contributed by atoms with Crippen LogP contribution in [-0.4, -0.2) is 4.57 Å². The van der Waals surface area contributed by atoms with E-state index in [-0.39, 0.29) is 0 Å². The van der Waals surface area contributed by atoms with Gasteiger partial charge in [0, 0.05) is 33.5 Å². The van der Waals surface area contributed by atoms with E-state index in [0.717, 1.165) is 39.4 Å². The topological polar surface area (TPSA) is 8.17 Å². The van der Waals surface area contributed by atoms with Gasteiger partial charge >= 0.3 is 0 Å². The summed E-state index contributed by atoms with van der Waals surface area (Å²) in [6.07, 6.45) is 9.13. The first-order valence-corrected chi connectivity index (χ1v) is 23.6. The zero-order chi connectivity index (χ0) is 45.4. The fraction of sp³-hybridized carbons (Fsp3) is 0.0303. The Morgan fingerprint density at radius 2 is 0.956 bits per heavy atom. The molecule has 0 unspecified atom stereocenters. The van der Waals surface area contributed by atoms with E-state index in [0.29, 0.717) is 5.92 Å². The fourth-order valence-electron chi connectivity index (χ4n) is 10.3. The van der Waals surface area contributed by atoms with Crippen molar-refractivity contribution in [1.82, 2.24) is 4.57 Å². The molecule has 68 heavy (non-hydrogen) atoms. The highest BCUT2D eigenvalue weighted by Crippen LogP contribution is 2.45. The van der Waals surface area contributed by atoms with Crippen molar-refractivity contribution in [1.29, 1.82) is 0 Å². The molecular weight excluding hydrogens is 821 g/mol. The van der Waals surface area contributed by atoms with Crippen LogP contribution in [0.5, 0.6) is 0 Å². The molecule has 0 fully saturated rings. The summed E-state index contributed by atoms with van der Waals surface area (Å²) in [5.74, 6) is 0.316. The lowest BCUT2D eigenvalue weighted by atomic mass is 9.90. The van der Waals surface area contributed by atoms with Gasteiger partial charge in [0.1, 0.15) is 0 Å². The summed E-state index contributed by atoms with van der Waals surface area (Å²) in [4.78, 5) is 2.44. The average molecular weight is 869 g/mol. The second kappa shape index (κ2) is 17.6. The summed E-state index contributed by atoms with van der Waals surface area (Å²) in [7, 11) is 0. The smallest absolute Gasteiger partial charge is 0.0547 e. The molecule has 0 saturated carbocycles. The average Bonchev–Trinajstić information content (AvgIpc) is 3.63. The lowest BCUT2D eigenvalue weighted by Crippen LogP contribution is -2.10. The van der Waals surface area contributed by atoms with Crippen LogP contribution in [0.1, 0.15) is 18.1 Å². The monoisotopic (exact) mass is 868 g/mol. The van der Waals surface area contributed by atoms with Crippen LogP contribution in [0.3, 0.4) is 0 Å². The molecule has 0 bridgehead atoms. The third kappa shape index (κ3) is 7.52. The zero-order valence-electron chi connectivity index (χ0n) is 37.9. The number of nitrogens with zero attached hydrogens (tertiary/aromatic N) is 2. The molecule has 1 atom stereocenters. The van der Waals surface area contributed by atoms with Gasteiger partial charge in [-0.1, -0.05) is 207 Å². The number of benzene rings is 10. The van der Waals surface area contributed by atoms with Gasteiger partial charge in [-0.15, -0.1) is 0 Å². The van der Waals surface area contributed by atoms with Gasteiger partial charge in [-0.2, -0.15) is 0 Å². The first-order chi connectivity index (χ1) is 33.6. The summed E-state index contributed by atoms with van der Waals surface area (Å²) >= 11 is 0. The Bertz CT molecular complexity index is 3650. The van der Waals surface area contributed by atoms with E-state index in [2.05, 4.69) is 283 Å². The summed E-state index contributed by atoms with van der Waals surface area (Å²) in [6.45, 7) is 2.25. The molecule has 1 aliphatic rings. The van der Waals surface area contributed by atoms with Crippen molar-refractivity contribution in [3.63, 3.8) is 0 Å². The highest BCUT2D eigenvalue weighted by molar-refractivity contribution is 6.25. The Morgan fingerprint density at radius 3 is 1.66 bits per heavy atom. The molecule has 0 radical (unpaired) electrons. The van der Waals surface area contributed by atoms with E-state index in [1.54, 1.807) is 0 Å². The number of anilines is 3. The van der Waals surface area contributed by atoms with Crippen molar-refractivity contribution in [2.75, 3.05) is 4.90 Å². The Labute approximate surface area is 398 Å². The summed E-state index contributed by atoms with van der Waals surface area (Å²) in [5, 5.41) is 4.99. The maximum Gasteiger partial charge on any atom is 0.0547 e. The zero-order valence-corrected chi connectivity index (χ0v) is 37.9. The van der Waals surface area contributed by atoms with E-state index in [1.165, 1.54) is 71.5 Å². The SMILES string of the molecule is C[C@@H]1C=CC=C(c2ccc(N(c3cc(-c4ccccc4)cc(-c4ccccc4)c3)c3cccc(-c4cccc5c4c4c6ccccc6ccc4n5-c4ccccc4)c3)cc2)C(c2ccccc2)=C1. The Balaban J connectivity index is 1.07. The van der Waals surface area contributed by atoms with Crippen molar-refractivity contribution in [2.45, 2.75) is 6.92 Å². The summed E-state index contributed by atoms with van der Waals surface area (Å²) < 4.78 is 2.43. The van der Waals surface area contributed by atoms with Gasteiger partial charge in [-0.05, 0) is 139 Å². The number of allylic oxidation sites excluding steroid dienone is 6. The number of rotatable bonds is 9. The second-order valence-electron chi connectivity index (χ2n) is 17.8. The normalized spacial score (nSPS) is 13.6. The van der Waals surface area contributed by atoms with Crippen LogP contribution in [0.25, 0.3) is 82.8 Å². The Morgan fingerprint density at radius 1 is 0.382 bits per heavy atom. The highest BCUT2D eigenvalue weighted by atomic mass is 15.1. The minimum Gasteiger partial charge on any atom is -0.310 e. The van der Waals surface area contributed by atoms with Crippen LogP contribution in [0.4, 0.5) is 17.1 Å². The van der Waals surface area contributed by atoms with Gasteiger partial charge < -0.3 is 9.47 Å². The quantitative estimate of drug-likeness (QED) is 0.140. The standard InChI is InChI=1S/C66H48N2/c1-46-19-16-32-59(62(41-46)49-24-10-4-11-25-49)51-35-38-56(39-36-51)67(58-44-53(47-20-6-2-7-21-47)42-54(45-58)48-22-8-3-9-23-48)57-30-17-27-52(43-57)61-33-18-34-63-66(61)65-60-31-15-14-26-50(60)37-40-64(65)68(63)55-28-12-5-13-29-55/h2-46H,1H3/t46-/m1/s1. The molecule has 322 valence electrons. The van der Waals surface area contributed by atoms with Crippen LogP contribution < -0.4 is 4.90 Å². The van der Waals surface area contributed by atoms with Gasteiger partial charge in [0.25, 0.3) is 0 Å². The Kier molecular flexibility index (Phi) is 10.5. The fourth-order valence-corrected chi connectivity index (χ4v) is 10.3. The van der Waals surface area contributed by atoms with Gasteiger partial charge in [-0.3, -0.25) is 0 Å². The van der Waals surface area contributed by atoms with Crippen LogP contribution in [0.2, 0.25) is 0 Å². The number of para-hydroxylation sites is 1. The van der Waals surface area contributed by atoms with E-state index in [1.807, 2.05) is 0 Å². The van der Waals surface area contributed by atoms with Gasteiger partial charge in [0.2, 0.25) is 0 Å². The second-order valence-corrected chi connectivity index (χ2v) is 17.8. The molecule has 0 amide bonds. The summed E-state index contributed by atoms with van der Waals surface area (Å²) in [6, 6.07) is 88.5. The third-order valence-electron chi connectivity index (χ3n) is 13.4. The van der Waals surface area contributed by atoms with Crippen molar-refractivity contribution in [3.05, 3.63) is 278 Å². The van der Waals surface area contributed by atoms with Crippen molar-refractivity contribution in [3.8, 4) is 39.1 Å². The maximum atomic E-state index is 2.44. The molecule has 0 saturated heterocycles. The van der Waals surface area contributed by atoms with Crippen LogP contribution >= 0.6 is 0 Å². The van der Waals surface area contributed by atoms with Gasteiger partial charge in [0.15, 0.2) is 0 Å². The first-order valence-electron chi connectivity index (χ1n) is 23.6. The molecule has 0 aliphatic heterocycles. The molecule has 10 aromatic carbocycles. The van der Waals surface area contributed by atoms with E-state index in [9.17, 15) is 0 Å². The molecule has 12 rings (SSSR count). The van der Waals surface area contributed by atoms with Crippen LogP contribution in [0, 0.1) is 5.92 Å². The number of aromatic nitrogens is 1. The molecule has 1 aliphatic carbocycles. The van der Waals surface area contributed by atoms with E-state index >= 15 is 0 Å². The van der Waals surface area contributed by atoms with Crippen molar-refractivity contribution in [2.24, 2.45) is 5.92 Å². The molecule has 11 aromatic rings. The maximum absolute atomic E-state index is 2.44. The van der Waals surface area contributed by atoms with Crippen molar-refractivity contribution >= 4 is 60.8 Å². The number of hydrogen-bond donors (Lipinski definition) is 0.